The van der Waals surface area contributed by atoms with Gasteiger partial charge in [0.15, 0.2) is 11.2 Å². The predicted molar refractivity (Wildman–Crippen MR) is 81.5 cm³/mol. The number of carbonyl (C=O) groups excluding carboxylic acids is 1. The van der Waals surface area contributed by atoms with Gasteiger partial charge in [-0.25, -0.2) is 14.6 Å². The van der Waals surface area contributed by atoms with Crippen molar-refractivity contribution in [2.45, 2.75) is 37.4 Å². The zero-order valence-corrected chi connectivity index (χ0v) is 13.2. The van der Waals surface area contributed by atoms with Crippen LogP contribution in [0, 0.1) is 0 Å². The third kappa shape index (κ3) is 3.36. The average Bonchev–Trinajstić information content (AvgIpc) is 3.19. The maximum absolute atomic E-state index is 11.9. The Morgan fingerprint density at radius 2 is 2.45 bits per heavy atom. The largest absolute Gasteiger partial charge is 0.376 e. The van der Waals surface area contributed by atoms with Gasteiger partial charge in [-0.05, 0) is 19.8 Å². The van der Waals surface area contributed by atoms with Gasteiger partial charge < -0.3 is 10.1 Å². The van der Waals surface area contributed by atoms with E-state index in [4.69, 9.17) is 4.74 Å². The van der Waals surface area contributed by atoms with E-state index in [2.05, 4.69) is 25.6 Å². The molecule has 1 N–H and O–H groups in total. The topological polar surface area (TPSA) is 94.8 Å². The number of aryl methyl sites for hydroxylation is 1. The SMILES string of the molecule is CCn1nnc2c(SCC(=O)NCC3CCCO3)ncnc21. The van der Waals surface area contributed by atoms with Gasteiger partial charge in [-0.15, -0.1) is 5.10 Å². The van der Waals surface area contributed by atoms with E-state index in [0.717, 1.165) is 19.4 Å². The van der Waals surface area contributed by atoms with Gasteiger partial charge in [0, 0.05) is 19.7 Å². The Morgan fingerprint density at radius 3 is 3.23 bits per heavy atom. The van der Waals surface area contributed by atoms with Crippen LogP contribution in [0.25, 0.3) is 11.2 Å². The quantitative estimate of drug-likeness (QED) is 0.615. The molecule has 22 heavy (non-hydrogen) atoms. The third-order valence-corrected chi connectivity index (χ3v) is 4.44. The fraction of sp³-hybridized carbons (Fsp3) is 0.615. The monoisotopic (exact) mass is 322 g/mol. The van der Waals surface area contributed by atoms with Gasteiger partial charge in [-0.1, -0.05) is 17.0 Å². The Balaban J connectivity index is 1.56. The van der Waals surface area contributed by atoms with Crippen LogP contribution in [0.5, 0.6) is 0 Å². The van der Waals surface area contributed by atoms with Crippen molar-refractivity contribution < 1.29 is 9.53 Å². The van der Waals surface area contributed by atoms with E-state index in [1.807, 2.05) is 6.92 Å². The van der Waals surface area contributed by atoms with Crippen LogP contribution in [0.15, 0.2) is 11.4 Å². The molecule has 9 heteroatoms. The maximum Gasteiger partial charge on any atom is 0.230 e. The lowest BCUT2D eigenvalue weighted by molar-refractivity contribution is -0.119. The minimum atomic E-state index is -0.0323. The number of aromatic nitrogens is 5. The summed E-state index contributed by atoms with van der Waals surface area (Å²) in [5.74, 6) is 0.257. The molecule has 1 amide bonds. The normalized spacial score (nSPS) is 18.0. The van der Waals surface area contributed by atoms with Crippen LogP contribution < -0.4 is 5.32 Å². The number of nitrogens with one attached hydrogen (secondary N) is 1. The van der Waals surface area contributed by atoms with Crippen molar-refractivity contribution in [3.8, 4) is 0 Å². The molecule has 2 aromatic rings. The molecular weight excluding hydrogens is 304 g/mol. The van der Waals surface area contributed by atoms with Crippen molar-refractivity contribution >= 4 is 28.8 Å². The van der Waals surface area contributed by atoms with Crippen molar-refractivity contribution in [3.05, 3.63) is 6.33 Å². The first kappa shape index (κ1) is 15.2. The molecule has 0 saturated carbocycles. The molecule has 0 aromatic carbocycles. The first-order valence-corrected chi connectivity index (χ1v) is 8.31. The summed E-state index contributed by atoms with van der Waals surface area (Å²) in [6.45, 7) is 4.03. The number of amides is 1. The van der Waals surface area contributed by atoms with Crippen LogP contribution in [0.4, 0.5) is 0 Å². The van der Waals surface area contributed by atoms with E-state index < -0.39 is 0 Å². The van der Waals surface area contributed by atoms with Crippen molar-refractivity contribution in [1.82, 2.24) is 30.3 Å². The second-order valence-corrected chi connectivity index (χ2v) is 5.95. The van der Waals surface area contributed by atoms with Crippen LogP contribution >= 0.6 is 11.8 Å². The van der Waals surface area contributed by atoms with Gasteiger partial charge in [-0.3, -0.25) is 4.79 Å². The Labute approximate surface area is 132 Å². The van der Waals surface area contributed by atoms with E-state index in [0.29, 0.717) is 29.3 Å². The Morgan fingerprint density at radius 1 is 1.55 bits per heavy atom. The fourth-order valence-electron chi connectivity index (χ4n) is 2.31. The number of ether oxygens (including phenoxy) is 1. The zero-order chi connectivity index (χ0) is 15.4. The second kappa shape index (κ2) is 7.01. The molecule has 1 fully saturated rings. The highest BCUT2D eigenvalue weighted by atomic mass is 32.2. The molecule has 0 spiro atoms. The lowest BCUT2D eigenvalue weighted by Gasteiger charge is -2.10. The highest BCUT2D eigenvalue weighted by molar-refractivity contribution is 8.00. The molecule has 1 saturated heterocycles. The average molecular weight is 322 g/mol. The Kier molecular flexibility index (Phi) is 4.84. The van der Waals surface area contributed by atoms with Crippen molar-refractivity contribution in [3.63, 3.8) is 0 Å². The first-order chi connectivity index (χ1) is 10.8. The number of fused-ring (bicyclic) bond motifs is 1. The summed E-state index contributed by atoms with van der Waals surface area (Å²) < 4.78 is 7.18. The van der Waals surface area contributed by atoms with E-state index in [1.165, 1.54) is 18.1 Å². The highest BCUT2D eigenvalue weighted by Gasteiger charge is 2.17. The first-order valence-electron chi connectivity index (χ1n) is 7.33. The minimum absolute atomic E-state index is 0.0323. The van der Waals surface area contributed by atoms with Crippen LogP contribution in [-0.4, -0.2) is 55.9 Å². The van der Waals surface area contributed by atoms with Crippen LogP contribution in [0.3, 0.4) is 0 Å². The highest BCUT2D eigenvalue weighted by Crippen LogP contribution is 2.22. The van der Waals surface area contributed by atoms with Gasteiger partial charge in [0.25, 0.3) is 0 Å². The lowest BCUT2D eigenvalue weighted by Crippen LogP contribution is -2.32. The molecule has 0 aliphatic carbocycles. The third-order valence-electron chi connectivity index (χ3n) is 3.46. The van der Waals surface area contributed by atoms with Crippen molar-refractivity contribution in [2.75, 3.05) is 18.9 Å². The number of carbonyl (C=O) groups is 1. The minimum Gasteiger partial charge on any atom is -0.376 e. The molecule has 1 aliphatic heterocycles. The molecule has 118 valence electrons. The van der Waals surface area contributed by atoms with Gasteiger partial charge in [-0.2, -0.15) is 0 Å². The van der Waals surface area contributed by atoms with Crippen molar-refractivity contribution in [1.29, 1.82) is 0 Å². The van der Waals surface area contributed by atoms with Crippen LogP contribution in [-0.2, 0) is 16.1 Å². The number of hydrogen-bond acceptors (Lipinski definition) is 7. The van der Waals surface area contributed by atoms with Crippen molar-refractivity contribution in [2.24, 2.45) is 0 Å². The van der Waals surface area contributed by atoms with Gasteiger partial charge >= 0.3 is 0 Å². The summed E-state index contributed by atoms with van der Waals surface area (Å²) >= 11 is 1.34. The summed E-state index contributed by atoms with van der Waals surface area (Å²) in [4.78, 5) is 20.3. The molecule has 1 unspecified atom stereocenters. The molecule has 1 aliphatic rings. The summed E-state index contributed by atoms with van der Waals surface area (Å²) in [6.07, 6.45) is 3.72. The summed E-state index contributed by atoms with van der Waals surface area (Å²) in [5, 5.41) is 11.7. The zero-order valence-electron chi connectivity index (χ0n) is 12.4. The van der Waals surface area contributed by atoms with E-state index in [1.54, 1.807) is 4.68 Å². The lowest BCUT2D eigenvalue weighted by atomic mass is 10.2. The predicted octanol–water partition coefficient (Wildman–Crippen LogP) is 0.628. The van der Waals surface area contributed by atoms with Gasteiger partial charge in [0.05, 0.1) is 11.9 Å². The molecule has 1 atom stereocenters. The van der Waals surface area contributed by atoms with Crippen LogP contribution in [0.2, 0.25) is 0 Å². The number of nitrogens with zero attached hydrogens (tertiary/aromatic N) is 5. The number of hydrogen-bond donors (Lipinski definition) is 1. The standard InChI is InChI=1S/C13H18N6O2S/c1-2-19-12-11(17-18-19)13(16-8-15-12)22-7-10(20)14-6-9-4-3-5-21-9/h8-9H,2-7H2,1H3,(H,14,20). The molecule has 0 bridgehead atoms. The molecule has 0 radical (unpaired) electrons. The Bertz CT molecular complexity index is 655. The smallest absolute Gasteiger partial charge is 0.230 e. The van der Waals surface area contributed by atoms with E-state index in [9.17, 15) is 4.79 Å². The molecule has 2 aromatic heterocycles. The molecule has 3 heterocycles. The van der Waals surface area contributed by atoms with Gasteiger partial charge in [0.1, 0.15) is 11.4 Å². The number of rotatable bonds is 6. The summed E-state index contributed by atoms with van der Waals surface area (Å²) in [5.41, 5.74) is 1.33. The molecular formula is C13H18N6O2S. The molecule has 3 rings (SSSR count). The summed E-state index contributed by atoms with van der Waals surface area (Å²) in [7, 11) is 0. The second-order valence-electron chi connectivity index (χ2n) is 4.98. The summed E-state index contributed by atoms with van der Waals surface area (Å²) in [6, 6.07) is 0. The Hall–Kier alpha value is -1.74. The van der Waals surface area contributed by atoms with Crippen LogP contribution in [0.1, 0.15) is 19.8 Å². The van der Waals surface area contributed by atoms with E-state index in [-0.39, 0.29) is 17.8 Å². The van der Waals surface area contributed by atoms with Gasteiger partial charge in [0.2, 0.25) is 5.91 Å². The fourth-order valence-corrected chi connectivity index (χ4v) is 3.07. The maximum atomic E-state index is 11.9. The number of thioether (sulfide) groups is 1. The van der Waals surface area contributed by atoms with E-state index >= 15 is 0 Å². The molecule has 8 nitrogen and oxygen atoms in total.